The largest absolute Gasteiger partial charge is 0.364 e. The molecule has 6 nitrogen and oxygen atoms in total. The van der Waals surface area contributed by atoms with E-state index >= 15 is 0 Å². The minimum absolute atomic E-state index is 0.0189. The number of unbranched alkanes of at least 4 members (excludes halogenated alkanes) is 1. The summed E-state index contributed by atoms with van der Waals surface area (Å²) in [6.07, 6.45) is 1.94. The Bertz CT molecular complexity index is 866. The Labute approximate surface area is 162 Å². The maximum absolute atomic E-state index is 12.3. The van der Waals surface area contributed by atoms with E-state index in [4.69, 9.17) is 5.73 Å². The zero-order valence-corrected chi connectivity index (χ0v) is 15.8. The van der Waals surface area contributed by atoms with Gasteiger partial charge in [0, 0.05) is 23.6 Å². The Morgan fingerprint density at radius 3 is 2.41 bits per heavy atom. The zero-order chi connectivity index (χ0) is 19.4. The Hall–Kier alpha value is -2.80. The van der Waals surface area contributed by atoms with Crippen molar-refractivity contribution in [1.29, 1.82) is 0 Å². The maximum atomic E-state index is 12.3. The Morgan fingerprint density at radius 1 is 1.19 bits per heavy atom. The minimum atomic E-state index is -0.481. The van der Waals surface area contributed by atoms with Gasteiger partial charge in [-0.25, -0.2) is 0 Å². The van der Waals surface area contributed by atoms with E-state index in [1.807, 2.05) is 30.3 Å². The number of amides is 1. The van der Waals surface area contributed by atoms with Crippen LogP contribution in [0.25, 0.3) is 4.91 Å². The molecule has 140 valence electrons. The fourth-order valence-electron chi connectivity index (χ4n) is 3.09. The van der Waals surface area contributed by atoms with Gasteiger partial charge in [0.15, 0.2) is 0 Å². The first kappa shape index (κ1) is 19.0. The van der Waals surface area contributed by atoms with E-state index in [1.54, 1.807) is 23.9 Å². The van der Waals surface area contributed by atoms with Crippen molar-refractivity contribution in [2.45, 2.75) is 25.1 Å². The van der Waals surface area contributed by atoms with Crippen LogP contribution in [0.1, 0.15) is 36.3 Å². The molecule has 2 aromatic rings. The molecular formula is C20H21N3O3S. The molecule has 0 aromatic heterocycles. The lowest BCUT2D eigenvalue weighted by Gasteiger charge is -2.27. The predicted octanol–water partition coefficient (Wildman–Crippen LogP) is 4.30. The monoisotopic (exact) mass is 383 g/mol. The van der Waals surface area contributed by atoms with Crippen molar-refractivity contribution in [1.82, 2.24) is 4.90 Å². The SMILES string of the molecule is CCCCN1C(C(N)=O)=C(c2ccc([N+](=O)[O-])cc2)SC1c1ccccc1. The van der Waals surface area contributed by atoms with Crippen LogP contribution in [-0.2, 0) is 4.79 Å². The van der Waals surface area contributed by atoms with E-state index in [9.17, 15) is 14.9 Å². The number of rotatable bonds is 7. The third-order valence-electron chi connectivity index (χ3n) is 4.43. The van der Waals surface area contributed by atoms with E-state index in [1.165, 1.54) is 12.1 Å². The van der Waals surface area contributed by atoms with Crippen LogP contribution >= 0.6 is 11.8 Å². The number of nitro benzene ring substituents is 1. The van der Waals surface area contributed by atoms with E-state index < -0.39 is 10.8 Å². The molecule has 0 radical (unpaired) electrons. The molecule has 1 atom stereocenters. The van der Waals surface area contributed by atoms with Crippen LogP contribution in [0.5, 0.6) is 0 Å². The molecule has 7 heteroatoms. The second-order valence-electron chi connectivity index (χ2n) is 6.27. The summed E-state index contributed by atoms with van der Waals surface area (Å²) in [5, 5.41) is 10.9. The molecule has 1 aliphatic rings. The van der Waals surface area contributed by atoms with Gasteiger partial charge in [-0.2, -0.15) is 0 Å². The average Bonchev–Trinajstić information content (AvgIpc) is 3.06. The van der Waals surface area contributed by atoms with Gasteiger partial charge in [0.2, 0.25) is 0 Å². The highest BCUT2D eigenvalue weighted by Gasteiger charge is 2.36. The van der Waals surface area contributed by atoms with Crippen LogP contribution < -0.4 is 5.73 Å². The summed E-state index contributed by atoms with van der Waals surface area (Å²) in [5.74, 6) is -0.481. The van der Waals surface area contributed by atoms with Crippen LogP contribution in [-0.4, -0.2) is 22.3 Å². The molecule has 1 unspecified atom stereocenters. The topological polar surface area (TPSA) is 89.5 Å². The Morgan fingerprint density at radius 2 is 1.85 bits per heavy atom. The molecule has 0 saturated carbocycles. The number of non-ortho nitro benzene ring substituents is 1. The average molecular weight is 383 g/mol. The first-order chi connectivity index (χ1) is 13.0. The first-order valence-corrected chi connectivity index (χ1v) is 9.68. The van der Waals surface area contributed by atoms with Crippen molar-refractivity contribution in [2.75, 3.05) is 6.54 Å². The molecule has 2 N–H and O–H groups in total. The highest BCUT2D eigenvalue weighted by molar-refractivity contribution is 8.08. The standard InChI is InChI=1S/C20H21N3O3S/c1-2-3-13-22-17(19(21)24)18(14-9-11-16(12-10-14)23(25)26)27-20(22)15-7-5-4-6-8-15/h4-12,20H,2-3,13H2,1H3,(H2,21,24). The zero-order valence-electron chi connectivity index (χ0n) is 15.0. The van der Waals surface area contributed by atoms with Crippen molar-refractivity contribution < 1.29 is 9.72 Å². The number of hydrogen-bond acceptors (Lipinski definition) is 5. The molecule has 1 amide bonds. The molecule has 0 aliphatic carbocycles. The number of thioether (sulfide) groups is 1. The number of nitrogens with zero attached hydrogens (tertiary/aromatic N) is 2. The summed E-state index contributed by atoms with van der Waals surface area (Å²) in [4.78, 5) is 25.6. The lowest BCUT2D eigenvalue weighted by molar-refractivity contribution is -0.384. The van der Waals surface area contributed by atoms with Crippen molar-refractivity contribution in [2.24, 2.45) is 5.73 Å². The van der Waals surface area contributed by atoms with Gasteiger partial charge in [0.05, 0.1) is 4.92 Å². The van der Waals surface area contributed by atoms with Gasteiger partial charge in [0.1, 0.15) is 11.1 Å². The lowest BCUT2D eigenvalue weighted by Crippen LogP contribution is -2.31. The second kappa shape index (κ2) is 8.26. The number of carbonyl (C=O) groups excluding carboxylic acids is 1. The molecular weight excluding hydrogens is 362 g/mol. The molecule has 0 fully saturated rings. The van der Waals surface area contributed by atoms with E-state index in [0.717, 1.165) is 35.4 Å². The van der Waals surface area contributed by atoms with Crippen molar-refractivity contribution in [3.8, 4) is 0 Å². The number of benzene rings is 2. The molecule has 0 saturated heterocycles. The van der Waals surface area contributed by atoms with Gasteiger partial charge in [0.25, 0.3) is 11.6 Å². The fraction of sp³-hybridized carbons (Fsp3) is 0.250. The van der Waals surface area contributed by atoms with Gasteiger partial charge in [-0.15, -0.1) is 0 Å². The van der Waals surface area contributed by atoms with Gasteiger partial charge in [-0.05, 0) is 29.7 Å². The summed E-state index contributed by atoms with van der Waals surface area (Å²) < 4.78 is 0. The van der Waals surface area contributed by atoms with Gasteiger partial charge in [-0.1, -0.05) is 55.4 Å². The highest BCUT2D eigenvalue weighted by Crippen LogP contribution is 2.51. The van der Waals surface area contributed by atoms with Crippen molar-refractivity contribution >= 4 is 28.3 Å². The summed E-state index contributed by atoms with van der Waals surface area (Å²) in [7, 11) is 0. The lowest BCUT2D eigenvalue weighted by atomic mass is 10.1. The van der Waals surface area contributed by atoms with Gasteiger partial charge < -0.3 is 10.6 Å². The normalized spacial score (nSPS) is 16.6. The molecule has 0 spiro atoms. The number of nitrogens with two attached hydrogens (primary N) is 1. The second-order valence-corrected chi connectivity index (χ2v) is 7.36. The third-order valence-corrected chi connectivity index (χ3v) is 5.84. The third kappa shape index (κ3) is 3.98. The van der Waals surface area contributed by atoms with Crippen LogP contribution in [0.3, 0.4) is 0 Å². The summed E-state index contributed by atoms with van der Waals surface area (Å²) >= 11 is 1.56. The molecule has 0 bridgehead atoms. The number of hydrogen-bond donors (Lipinski definition) is 1. The fourth-order valence-corrected chi connectivity index (χ4v) is 4.55. The number of primary amides is 1. The van der Waals surface area contributed by atoms with Crippen LogP contribution in [0, 0.1) is 10.1 Å². The number of carbonyl (C=O) groups is 1. The quantitative estimate of drug-likeness (QED) is 0.569. The number of nitro groups is 1. The molecule has 1 aliphatic heterocycles. The Kier molecular flexibility index (Phi) is 5.81. The van der Waals surface area contributed by atoms with Crippen LogP contribution in [0.2, 0.25) is 0 Å². The van der Waals surface area contributed by atoms with Gasteiger partial charge in [-0.3, -0.25) is 14.9 Å². The summed E-state index contributed by atoms with van der Waals surface area (Å²) in [6, 6.07) is 16.2. The summed E-state index contributed by atoms with van der Waals surface area (Å²) in [6.45, 7) is 2.82. The minimum Gasteiger partial charge on any atom is -0.364 e. The van der Waals surface area contributed by atoms with E-state index in [-0.39, 0.29) is 11.1 Å². The summed E-state index contributed by atoms with van der Waals surface area (Å²) in [5.41, 5.74) is 8.10. The highest BCUT2D eigenvalue weighted by atomic mass is 32.2. The molecule has 27 heavy (non-hydrogen) atoms. The van der Waals surface area contributed by atoms with Crippen molar-refractivity contribution in [3.05, 3.63) is 81.5 Å². The predicted molar refractivity (Wildman–Crippen MR) is 108 cm³/mol. The van der Waals surface area contributed by atoms with E-state index in [0.29, 0.717) is 5.70 Å². The smallest absolute Gasteiger partial charge is 0.269 e. The van der Waals surface area contributed by atoms with E-state index in [2.05, 4.69) is 11.8 Å². The van der Waals surface area contributed by atoms with Crippen LogP contribution in [0.15, 0.2) is 60.3 Å². The Balaban J connectivity index is 2.04. The molecule has 3 rings (SSSR count). The van der Waals surface area contributed by atoms with Crippen LogP contribution in [0.4, 0.5) is 5.69 Å². The van der Waals surface area contributed by atoms with Crippen molar-refractivity contribution in [3.63, 3.8) is 0 Å². The molecule has 2 aromatic carbocycles. The van der Waals surface area contributed by atoms with Gasteiger partial charge >= 0.3 is 0 Å². The first-order valence-electron chi connectivity index (χ1n) is 8.80. The maximum Gasteiger partial charge on any atom is 0.269 e. The molecule has 1 heterocycles.